The molecule has 0 saturated carbocycles. The van der Waals surface area contributed by atoms with E-state index in [4.69, 9.17) is 11.5 Å². The number of hydrogen-bond donors (Lipinski definition) is 2. The van der Waals surface area contributed by atoms with Crippen molar-refractivity contribution in [3.05, 3.63) is 0 Å². The second kappa shape index (κ2) is 20.8. The third-order valence-electron chi connectivity index (χ3n) is 3.75. The van der Waals surface area contributed by atoms with E-state index < -0.39 is 0 Å². The van der Waals surface area contributed by atoms with Gasteiger partial charge in [0, 0.05) is 0 Å². The summed E-state index contributed by atoms with van der Waals surface area (Å²) in [7, 11) is 0. The Morgan fingerprint density at radius 2 is 1.00 bits per heavy atom. The number of nitrogens with two attached hydrogens (primary N) is 2. The van der Waals surface area contributed by atoms with Crippen LogP contribution in [0.1, 0.15) is 79.1 Å². The zero-order chi connectivity index (χ0) is 14.2. The summed E-state index contributed by atoms with van der Waals surface area (Å²) < 4.78 is 0. The minimum atomic E-state index is 0. The van der Waals surface area contributed by atoms with Gasteiger partial charge in [-0.05, 0) is 37.8 Å². The maximum Gasteiger partial charge on any atom is 2.00 e. The fourth-order valence-corrected chi connectivity index (χ4v) is 1.96. The average molecular weight is 322 g/mol. The molecule has 121 valence electrons. The van der Waals surface area contributed by atoms with Gasteiger partial charge >= 0.3 is 17.1 Å². The summed E-state index contributed by atoms with van der Waals surface area (Å²) in [5.41, 5.74) is 11.0. The van der Waals surface area contributed by atoms with E-state index >= 15 is 0 Å². The Morgan fingerprint density at radius 1 is 0.684 bits per heavy atom. The van der Waals surface area contributed by atoms with E-state index in [-0.39, 0.29) is 17.1 Å². The smallest absolute Gasteiger partial charge is 0.330 e. The fourth-order valence-electron chi connectivity index (χ4n) is 1.96. The van der Waals surface area contributed by atoms with Crippen LogP contribution >= 0.6 is 0 Å². The number of unbranched alkanes of at least 4 members (excludes halogenated alkanes) is 2. The van der Waals surface area contributed by atoms with Crippen LogP contribution in [0.25, 0.3) is 0 Å². The van der Waals surface area contributed by atoms with Crippen LogP contribution in [-0.2, 0) is 17.1 Å². The SMILES string of the molecule is CCCCC(CC)CN.CCCCC(CC)CN.[Cu+2]. The molecule has 1 radical (unpaired) electrons. The van der Waals surface area contributed by atoms with Gasteiger partial charge in [0.2, 0.25) is 0 Å². The Morgan fingerprint density at radius 3 is 1.16 bits per heavy atom. The van der Waals surface area contributed by atoms with Crippen molar-refractivity contribution in [2.75, 3.05) is 13.1 Å². The molecule has 0 saturated heterocycles. The van der Waals surface area contributed by atoms with E-state index in [9.17, 15) is 0 Å². The van der Waals surface area contributed by atoms with Crippen molar-refractivity contribution >= 4 is 0 Å². The van der Waals surface area contributed by atoms with Gasteiger partial charge in [-0.25, -0.2) is 0 Å². The first kappa shape index (κ1) is 24.5. The van der Waals surface area contributed by atoms with Crippen LogP contribution in [-0.4, -0.2) is 13.1 Å². The van der Waals surface area contributed by atoms with Gasteiger partial charge < -0.3 is 11.5 Å². The van der Waals surface area contributed by atoms with E-state index in [1.807, 2.05) is 0 Å². The van der Waals surface area contributed by atoms with Gasteiger partial charge in [-0.1, -0.05) is 66.2 Å². The van der Waals surface area contributed by atoms with Crippen LogP contribution in [0.4, 0.5) is 0 Å². The summed E-state index contributed by atoms with van der Waals surface area (Å²) in [4.78, 5) is 0. The van der Waals surface area contributed by atoms with Crippen molar-refractivity contribution in [3.63, 3.8) is 0 Å². The molecule has 0 spiro atoms. The standard InChI is InChI=1S/2C8H19N.Cu/c2*1-3-5-6-8(4-2)7-9;/h2*8H,3-7,9H2,1-2H3;/q;;+2. The Balaban J connectivity index is -0.000000256. The molecule has 19 heavy (non-hydrogen) atoms. The molecule has 0 aromatic heterocycles. The molecular weight excluding hydrogens is 284 g/mol. The van der Waals surface area contributed by atoms with Crippen molar-refractivity contribution in [1.82, 2.24) is 0 Å². The van der Waals surface area contributed by atoms with Gasteiger partial charge in [0.1, 0.15) is 0 Å². The van der Waals surface area contributed by atoms with Crippen molar-refractivity contribution in [2.24, 2.45) is 23.3 Å². The fraction of sp³-hybridized carbons (Fsp3) is 1.00. The summed E-state index contributed by atoms with van der Waals surface area (Å²) in [6.07, 6.45) is 10.4. The zero-order valence-corrected chi connectivity index (χ0v) is 14.6. The quantitative estimate of drug-likeness (QED) is 0.589. The van der Waals surface area contributed by atoms with Gasteiger partial charge in [-0.2, -0.15) is 0 Å². The molecular formula is C16H38CuN2+2. The first-order chi connectivity index (χ1) is 8.69. The molecule has 0 bridgehead atoms. The van der Waals surface area contributed by atoms with Gasteiger partial charge in [-0.15, -0.1) is 0 Å². The molecule has 0 aliphatic rings. The van der Waals surface area contributed by atoms with Crippen molar-refractivity contribution in [3.8, 4) is 0 Å². The van der Waals surface area contributed by atoms with Crippen LogP contribution in [0.15, 0.2) is 0 Å². The summed E-state index contributed by atoms with van der Waals surface area (Å²) in [5, 5.41) is 0. The van der Waals surface area contributed by atoms with Gasteiger partial charge in [0.15, 0.2) is 0 Å². The van der Waals surface area contributed by atoms with E-state index in [1.54, 1.807) is 0 Å². The Kier molecular flexibility index (Phi) is 26.7. The molecule has 3 heteroatoms. The molecule has 2 atom stereocenters. The molecule has 0 aromatic carbocycles. The summed E-state index contributed by atoms with van der Waals surface area (Å²) in [5.74, 6) is 1.56. The molecule has 0 fully saturated rings. The van der Waals surface area contributed by atoms with Crippen LogP contribution in [0, 0.1) is 11.8 Å². The third kappa shape index (κ3) is 18.4. The van der Waals surface area contributed by atoms with E-state index in [2.05, 4.69) is 27.7 Å². The van der Waals surface area contributed by atoms with Crippen molar-refractivity contribution in [1.29, 1.82) is 0 Å². The van der Waals surface area contributed by atoms with Crippen molar-refractivity contribution < 1.29 is 17.1 Å². The summed E-state index contributed by atoms with van der Waals surface area (Å²) >= 11 is 0. The molecule has 0 aromatic rings. The second-order valence-corrected chi connectivity index (χ2v) is 5.30. The summed E-state index contributed by atoms with van der Waals surface area (Å²) in [6, 6.07) is 0. The molecule has 4 N–H and O–H groups in total. The minimum Gasteiger partial charge on any atom is -0.330 e. The largest absolute Gasteiger partial charge is 2.00 e. The Bertz CT molecular complexity index is 119. The number of hydrogen-bond acceptors (Lipinski definition) is 2. The molecule has 0 rings (SSSR count). The maximum absolute atomic E-state index is 5.52. The Hall–Kier alpha value is 0.439. The molecule has 0 amide bonds. The third-order valence-corrected chi connectivity index (χ3v) is 3.75. The van der Waals surface area contributed by atoms with Crippen molar-refractivity contribution in [2.45, 2.75) is 79.1 Å². The van der Waals surface area contributed by atoms with Crippen LogP contribution in [0.2, 0.25) is 0 Å². The predicted octanol–water partition coefficient (Wildman–Crippen LogP) is 4.32. The molecule has 0 aliphatic heterocycles. The summed E-state index contributed by atoms with van der Waals surface area (Å²) in [6.45, 7) is 10.6. The van der Waals surface area contributed by atoms with Crippen LogP contribution < -0.4 is 11.5 Å². The number of rotatable bonds is 10. The average Bonchev–Trinajstić information content (AvgIpc) is 2.42. The predicted molar refractivity (Wildman–Crippen MR) is 84.7 cm³/mol. The van der Waals surface area contributed by atoms with E-state index in [0.29, 0.717) is 0 Å². The maximum atomic E-state index is 5.52. The topological polar surface area (TPSA) is 52.0 Å². The zero-order valence-electron chi connectivity index (χ0n) is 13.7. The molecule has 2 nitrogen and oxygen atoms in total. The van der Waals surface area contributed by atoms with E-state index in [0.717, 1.165) is 24.9 Å². The normalized spacial score (nSPS) is 12.9. The van der Waals surface area contributed by atoms with Crippen LogP contribution in [0.5, 0.6) is 0 Å². The first-order valence-electron chi connectivity index (χ1n) is 8.09. The second-order valence-electron chi connectivity index (χ2n) is 5.30. The molecule has 0 aliphatic carbocycles. The van der Waals surface area contributed by atoms with Gasteiger partial charge in [-0.3, -0.25) is 0 Å². The van der Waals surface area contributed by atoms with E-state index in [1.165, 1.54) is 51.4 Å². The first-order valence-corrected chi connectivity index (χ1v) is 8.09. The van der Waals surface area contributed by atoms with Crippen LogP contribution in [0.3, 0.4) is 0 Å². The Labute approximate surface area is 132 Å². The minimum absolute atomic E-state index is 0. The van der Waals surface area contributed by atoms with Gasteiger partial charge in [0.25, 0.3) is 0 Å². The molecule has 2 unspecified atom stereocenters. The monoisotopic (exact) mass is 321 g/mol. The molecule has 0 heterocycles. The van der Waals surface area contributed by atoms with Gasteiger partial charge in [0.05, 0.1) is 0 Å².